The molecule has 0 aliphatic carbocycles. The standard InChI is InChI=1S/C16H16F3N5O/c1-20-15(25)11-5-3-7-24(11)13-8-12(16(17,18)19)22-14(23-13)10-4-2-6-21-9-10/h2,4,6,8-9,11H,3,5,7H2,1H3,(H,20,25)/t11-/m0/s1. The highest BCUT2D eigenvalue weighted by Gasteiger charge is 2.37. The van der Waals surface area contributed by atoms with Crippen LogP contribution in [0.3, 0.4) is 0 Å². The van der Waals surface area contributed by atoms with Gasteiger partial charge in [0.1, 0.15) is 11.9 Å². The summed E-state index contributed by atoms with van der Waals surface area (Å²) in [5.41, 5.74) is -0.663. The Morgan fingerprint density at radius 2 is 2.16 bits per heavy atom. The molecule has 132 valence electrons. The summed E-state index contributed by atoms with van der Waals surface area (Å²) < 4.78 is 39.8. The van der Waals surface area contributed by atoms with Crippen molar-refractivity contribution in [2.45, 2.75) is 25.1 Å². The quantitative estimate of drug-likeness (QED) is 0.919. The molecule has 1 atom stereocenters. The van der Waals surface area contributed by atoms with Gasteiger partial charge in [-0.2, -0.15) is 13.2 Å². The molecule has 1 amide bonds. The first-order valence-electron chi connectivity index (χ1n) is 7.75. The van der Waals surface area contributed by atoms with E-state index in [-0.39, 0.29) is 17.5 Å². The fourth-order valence-corrected chi connectivity index (χ4v) is 2.83. The summed E-state index contributed by atoms with van der Waals surface area (Å²) in [7, 11) is 1.50. The Bertz CT molecular complexity index is 766. The van der Waals surface area contributed by atoms with Crippen LogP contribution in [0, 0.1) is 0 Å². The minimum absolute atomic E-state index is 0.0690. The summed E-state index contributed by atoms with van der Waals surface area (Å²) in [6, 6.07) is 3.54. The summed E-state index contributed by atoms with van der Waals surface area (Å²) in [5, 5.41) is 2.54. The zero-order valence-electron chi connectivity index (χ0n) is 13.4. The van der Waals surface area contributed by atoms with E-state index < -0.39 is 17.9 Å². The number of pyridine rings is 1. The molecule has 25 heavy (non-hydrogen) atoms. The molecule has 0 aromatic carbocycles. The van der Waals surface area contributed by atoms with Crippen LogP contribution in [0.25, 0.3) is 11.4 Å². The van der Waals surface area contributed by atoms with Crippen molar-refractivity contribution in [2.24, 2.45) is 0 Å². The number of alkyl halides is 3. The summed E-state index contributed by atoms with van der Waals surface area (Å²) in [6.07, 6.45) is -0.435. The number of aromatic nitrogens is 3. The van der Waals surface area contributed by atoms with Crippen LogP contribution in [0.4, 0.5) is 19.0 Å². The summed E-state index contributed by atoms with van der Waals surface area (Å²) >= 11 is 0. The molecule has 1 aliphatic heterocycles. The summed E-state index contributed by atoms with van der Waals surface area (Å²) in [6.45, 7) is 0.457. The molecule has 3 rings (SSSR count). The first-order valence-corrected chi connectivity index (χ1v) is 7.75. The normalized spacial score (nSPS) is 17.6. The lowest BCUT2D eigenvalue weighted by atomic mass is 10.2. The van der Waals surface area contributed by atoms with Gasteiger partial charge in [0.05, 0.1) is 0 Å². The molecule has 0 spiro atoms. The van der Waals surface area contributed by atoms with E-state index in [0.29, 0.717) is 24.9 Å². The number of likely N-dealkylation sites (N-methyl/N-ethyl adjacent to an activating group) is 1. The average molecular weight is 351 g/mol. The average Bonchev–Trinajstić information content (AvgIpc) is 3.10. The molecule has 0 bridgehead atoms. The van der Waals surface area contributed by atoms with Gasteiger partial charge in [0.2, 0.25) is 5.91 Å². The third kappa shape index (κ3) is 3.54. The molecular weight excluding hydrogens is 335 g/mol. The lowest BCUT2D eigenvalue weighted by Gasteiger charge is -2.25. The number of anilines is 1. The SMILES string of the molecule is CNC(=O)[C@@H]1CCCN1c1cc(C(F)(F)F)nc(-c2cccnc2)n1. The molecule has 1 fully saturated rings. The Hall–Kier alpha value is -2.71. The number of carbonyl (C=O) groups is 1. The number of halogens is 3. The molecule has 2 aromatic rings. The van der Waals surface area contributed by atoms with Crippen molar-refractivity contribution in [3.05, 3.63) is 36.3 Å². The van der Waals surface area contributed by atoms with Crippen LogP contribution in [0.2, 0.25) is 0 Å². The molecule has 0 radical (unpaired) electrons. The number of hydrogen-bond acceptors (Lipinski definition) is 5. The summed E-state index contributed by atoms with van der Waals surface area (Å²) in [5.74, 6) is -0.222. The summed E-state index contributed by atoms with van der Waals surface area (Å²) in [4.78, 5) is 25.4. The van der Waals surface area contributed by atoms with E-state index in [4.69, 9.17) is 0 Å². The molecule has 1 saturated heterocycles. The maximum Gasteiger partial charge on any atom is 0.433 e. The van der Waals surface area contributed by atoms with Gasteiger partial charge < -0.3 is 10.2 Å². The predicted molar refractivity (Wildman–Crippen MR) is 84.7 cm³/mol. The van der Waals surface area contributed by atoms with E-state index in [1.54, 1.807) is 17.0 Å². The number of rotatable bonds is 3. The molecule has 0 saturated carbocycles. The third-order valence-electron chi connectivity index (χ3n) is 4.02. The highest BCUT2D eigenvalue weighted by Crippen LogP contribution is 2.33. The van der Waals surface area contributed by atoms with Crippen LogP contribution in [-0.4, -0.2) is 40.5 Å². The number of nitrogens with one attached hydrogen (secondary N) is 1. The van der Waals surface area contributed by atoms with Crippen molar-refractivity contribution >= 4 is 11.7 Å². The van der Waals surface area contributed by atoms with Gasteiger partial charge in [-0.1, -0.05) is 0 Å². The van der Waals surface area contributed by atoms with E-state index in [9.17, 15) is 18.0 Å². The van der Waals surface area contributed by atoms with Crippen LogP contribution in [-0.2, 0) is 11.0 Å². The van der Waals surface area contributed by atoms with E-state index in [0.717, 1.165) is 6.07 Å². The lowest BCUT2D eigenvalue weighted by molar-refractivity contribution is -0.141. The topological polar surface area (TPSA) is 71.0 Å². The third-order valence-corrected chi connectivity index (χ3v) is 4.02. The van der Waals surface area contributed by atoms with Crippen molar-refractivity contribution in [1.29, 1.82) is 0 Å². The highest BCUT2D eigenvalue weighted by molar-refractivity contribution is 5.85. The fraction of sp³-hybridized carbons (Fsp3) is 0.375. The van der Waals surface area contributed by atoms with Crippen LogP contribution < -0.4 is 10.2 Å². The zero-order chi connectivity index (χ0) is 18.0. The van der Waals surface area contributed by atoms with Crippen LogP contribution in [0.5, 0.6) is 0 Å². The van der Waals surface area contributed by atoms with Gasteiger partial charge >= 0.3 is 6.18 Å². The minimum atomic E-state index is -4.61. The maximum absolute atomic E-state index is 13.3. The Labute approximate surface area is 142 Å². The maximum atomic E-state index is 13.3. The van der Waals surface area contributed by atoms with Crippen molar-refractivity contribution in [3.8, 4) is 11.4 Å². The van der Waals surface area contributed by atoms with E-state index >= 15 is 0 Å². The highest BCUT2D eigenvalue weighted by atomic mass is 19.4. The molecule has 9 heteroatoms. The van der Waals surface area contributed by atoms with Gasteiger partial charge in [-0.25, -0.2) is 9.97 Å². The Morgan fingerprint density at radius 1 is 1.36 bits per heavy atom. The first kappa shape index (κ1) is 17.1. The molecule has 6 nitrogen and oxygen atoms in total. The second kappa shape index (κ2) is 6.66. The van der Waals surface area contributed by atoms with Crippen molar-refractivity contribution < 1.29 is 18.0 Å². The smallest absolute Gasteiger partial charge is 0.357 e. The molecule has 1 aliphatic rings. The second-order valence-electron chi connectivity index (χ2n) is 5.64. The molecule has 1 N–H and O–H groups in total. The molecular formula is C16H16F3N5O. The van der Waals surface area contributed by atoms with E-state index in [2.05, 4.69) is 20.3 Å². The first-order chi connectivity index (χ1) is 11.9. The fourth-order valence-electron chi connectivity index (χ4n) is 2.83. The molecule has 0 unspecified atom stereocenters. The number of nitrogens with zero attached hydrogens (tertiary/aromatic N) is 4. The van der Waals surface area contributed by atoms with Crippen LogP contribution in [0.15, 0.2) is 30.6 Å². The van der Waals surface area contributed by atoms with Crippen molar-refractivity contribution in [2.75, 3.05) is 18.5 Å². The number of carbonyl (C=O) groups excluding carboxylic acids is 1. The van der Waals surface area contributed by atoms with Crippen molar-refractivity contribution in [3.63, 3.8) is 0 Å². The number of hydrogen-bond donors (Lipinski definition) is 1. The van der Waals surface area contributed by atoms with Crippen LogP contribution in [0.1, 0.15) is 18.5 Å². The van der Waals surface area contributed by atoms with Crippen molar-refractivity contribution in [1.82, 2.24) is 20.3 Å². The van der Waals surface area contributed by atoms with E-state index in [1.807, 2.05) is 0 Å². The lowest BCUT2D eigenvalue weighted by Crippen LogP contribution is -2.42. The Balaban J connectivity index is 2.08. The zero-order valence-corrected chi connectivity index (χ0v) is 13.4. The van der Waals surface area contributed by atoms with Gasteiger partial charge in [0.25, 0.3) is 0 Å². The molecule has 2 aromatic heterocycles. The van der Waals surface area contributed by atoms with Crippen LogP contribution >= 0.6 is 0 Å². The number of amides is 1. The molecule has 3 heterocycles. The van der Waals surface area contributed by atoms with Gasteiger partial charge in [0, 0.05) is 37.6 Å². The minimum Gasteiger partial charge on any atom is -0.357 e. The monoisotopic (exact) mass is 351 g/mol. The Morgan fingerprint density at radius 3 is 2.80 bits per heavy atom. The van der Waals surface area contributed by atoms with Gasteiger partial charge in [-0.15, -0.1) is 0 Å². The predicted octanol–water partition coefficient (Wildman–Crippen LogP) is 2.27. The second-order valence-corrected chi connectivity index (χ2v) is 5.64. The van der Waals surface area contributed by atoms with Gasteiger partial charge in [-0.3, -0.25) is 9.78 Å². The largest absolute Gasteiger partial charge is 0.433 e. The van der Waals surface area contributed by atoms with Gasteiger partial charge in [-0.05, 0) is 25.0 Å². The van der Waals surface area contributed by atoms with Gasteiger partial charge in [0.15, 0.2) is 11.5 Å². The Kier molecular flexibility index (Phi) is 4.56. The van der Waals surface area contributed by atoms with E-state index in [1.165, 1.54) is 19.4 Å².